The molecule has 38 valence electrons. The van der Waals surface area contributed by atoms with Crippen LogP contribution in [0.5, 0.6) is 0 Å². The second-order valence-corrected chi connectivity index (χ2v) is 25.5. The molecule has 6 heavy (non-hydrogen) atoms. The molecule has 2 heteroatoms. The normalized spacial score (nSPS) is 11.0. The fourth-order valence-electron chi connectivity index (χ4n) is 0. The van der Waals surface area contributed by atoms with Crippen molar-refractivity contribution in [1.29, 1.82) is 0 Å². The third-order valence-electron chi connectivity index (χ3n) is 1.33. The summed E-state index contributed by atoms with van der Waals surface area (Å²) in [6.07, 6.45) is 0. The van der Waals surface area contributed by atoms with Gasteiger partial charge in [0.15, 0.2) is 0 Å². The Morgan fingerprint density at radius 2 is 1.33 bits per heavy atom. The molecule has 0 nitrogen and oxygen atoms in total. The van der Waals surface area contributed by atoms with Crippen molar-refractivity contribution in [2.24, 2.45) is 0 Å². The molecular formula is C4H14GeSi. The zero-order valence-corrected chi connectivity index (χ0v) is 8.73. The van der Waals surface area contributed by atoms with E-state index in [0.717, 1.165) is 0 Å². The van der Waals surface area contributed by atoms with Crippen LogP contribution in [0.15, 0.2) is 0 Å². The molecule has 0 aliphatic heterocycles. The first-order valence-corrected chi connectivity index (χ1v) is 14.7. The molecule has 0 unspecified atom stereocenters. The standard InChI is InChI=1S/C4H14GeSi/c1-5(2)6(3)4/h5-6H,1-4H3. The minimum atomic E-state index is -0.488. The molecule has 0 rings (SSSR count). The van der Waals surface area contributed by atoms with Gasteiger partial charge in [0.1, 0.15) is 0 Å². The third-order valence-corrected chi connectivity index (χ3v) is 20.8. The molecule has 0 amide bonds. The van der Waals surface area contributed by atoms with Crippen LogP contribution in [0.2, 0.25) is 24.6 Å². The van der Waals surface area contributed by atoms with Gasteiger partial charge in [0, 0.05) is 0 Å². The van der Waals surface area contributed by atoms with Crippen molar-refractivity contribution < 1.29 is 0 Å². The third kappa shape index (κ3) is 2.97. The van der Waals surface area contributed by atoms with E-state index in [4.69, 9.17) is 0 Å². The van der Waals surface area contributed by atoms with Crippen molar-refractivity contribution >= 4 is 21.0 Å². The van der Waals surface area contributed by atoms with E-state index in [2.05, 4.69) is 24.6 Å². The fourth-order valence-corrected chi connectivity index (χ4v) is 0. The van der Waals surface area contributed by atoms with E-state index in [1.807, 2.05) is 0 Å². The molecule has 0 saturated heterocycles. The average molecular weight is 163 g/mol. The van der Waals surface area contributed by atoms with Crippen LogP contribution in [0, 0.1) is 0 Å². The summed E-state index contributed by atoms with van der Waals surface area (Å²) < 4.78 is 0. The predicted octanol–water partition coefficient (Wildman–Crippen LogP) is 1.04. The first-order valence-electron chi connectivity index (χ1n) is 2.64. The van der Waals surface area contributed by atoms with Gasteiger partial charge in [0.25, 0.3) is 0 Å². The van der Waals surface area contributed by atoms with Crippen molar-refractivity contribution in [3.8, 4) is 0 Å². The number of rotatable bonds is 1. The molecule has 0 aromatic rings. The second-order valence-electron chi connectivity index (χ2n) is 2.49. The molecule has 0 heterocycles. The van der Waals surface area contributed by atoms with Gasteiger partial charge in [0.2, 0.25) is 0 Å². The van der Waals surface area contributed by atoms with E-state index in [0.29, 0.717) is 0 Å². The molecule has 0 atom stereocenters. The second kappa shape index (κ2) is 2.86. The van der Waals surface area contributed by atoms with Gasteiger partial charge in [-0.15, -0.1) is 0 Å². The molecule has 0 radical (unpaired) electrons. The van der Waals surface area contributed by atoms with Gasteiger partial charge in [-0.25, -0.2) is 0 Å². The molecular weight excluding hydrogens is 149 g/mol. The summed E-state index contributed by atoms with van der Waals surface area (Å²) in [5.41, 5.74) is 0. The van der Waals surface area contributed by atoms with Gasteiger partial charge in [-0.2, -0.15) is 0 Å². The van der Waals surface area contributed by atoms with Crippen molar-refractivity contribution in [2.75, 3.05) is 0 Å². The Bertz CT molecular complexity index is 28.5. The van der Waals surface area contributed by atoms with E-state index in [9.17, 15) is 0 Å². The first kappa shape index (κ1) is 6.76. The molecule has 0 bridgehead atoms. The van der Waals surface area contributed by atoms with Gasteiger partial charge in [-0.3, -0.25) is 0 Å². The molecule has 0 aromatic heterocycles. The molecule has 0 aliphatic carbocycles. The summed E-state index contributed by atoms with van der Waals surface area (Å²) in [7, 11) is -0.0563. The Morgan fingerprint density at radius 1 is 1.17 bits per heavy atom. The van der Waals surface area contributed by atoms with Crippen LogP contribution in [-0.2, 0) is 0 Å². The van der Waals surface area contributed by atoms with Crippen molar-refractivity contribution in [3.63, 3.8) is 0 Å². The van der Waals surface area contributed by atoms with Crippen LogP contribution in [0.4, 0.5) is 0 Å². The zero-order valence-electron chi connectivity index (χ0n) is 5.15. The van der Waals surface area contributed by atoms with E-state index in [1.165, 1.54) is 0 Å². The van der Waals surface area contributed by atoms with Crippen LogP contribution in [0.25, 0.3) is 0 Å². The Balaban J connectivity index is 2.99. The maximum absolute atomic E-state index is 2.49. The van der Waals surface area contributed by atoms with E-state index in [1.54, 1.807) is 0 Å². The van der Waals surface area contributed by atoms with Crippen molar-refractivity contribution in [1.82, 2.24) is 0 Å². The van der Waals surface area contributed by atoms with Crippen LogP contribution in [0.1, 0.15) is 0 Å². The van der Waals surface area contributed by atoms with Crippen LogP contribution >= 0.6 is 0 Å². The SMILES string of the molecule is C[SiH](C)[GeH]([CH3])[CH3]. The summed E-state index contributed by atoms with van der Waals surface area (Å²) in [4.78, 5) is 0. The van der Waals surface area contributed by atoms with E-state index < -0.39 is 13.7 Å². The Labute approximate surface area is 46.1 Å². The number of hydrogen-bond donors (Lipinski definition) is 0. The first-order chi connectivity index (χ1) is 2.64. The van der Waals surface area contributed by atoms with Crippen LogP contribution < -0.4 is 0 Å². The summed E-state index contributed by atoms with van der Waals surface area (Å²) in [5, 5.41) is 0. The monoisotopic (exact) mass is 164 g/mol. The zero-order chi connectivity index (χ0) is 5.15. The number of hydrogen-bond acceptors (Lipinski definition) is 0. The van der Waals surface area contributed by atoms with Gasteiger partial charge >= 0.3 is 45.6 Å². The molecule has 0 spiro atoms. The fraction of sp³-hybridized carbons (Fsp3) is 1.00. The van der Waals surface area contributed by atoms with Gasteiger partial charge in [-0.05, 0) is 0 Å². The molecule has 0 aromatic carbocycles. The summed E-state index contributed by atoms with van der Waals surface area (Å²) in [6.45, 7) is 4.93. The van der Waals surface area contributed by atoms with Crippen molar-refractivity contribution in [2.45, 2.75) is 24.6 Å². The van der Waals surface area contributed by atoms with E-state index >= 15 is 0 Å². The van der Waals surface area contributed by atoms with Crippen LogP contribution in [-0.4, -0.2) is 21.0 Å². The maximum atomic E-state index is 2.49. The molecule has 0 aliphatic rings. The summed E-state index contributed by atoms with van der Waals surface area (Å²) in [6, 6.07) is 0. The van der Waals surface area contributed by atoms with Crippen molar-refractivity contribution in [3.05, 3.63) is 0 Å². The van der Waals surface area contributed by atoms with Gasteiger partial charge < -0.3 is 0 Å². The Morgan fingerprint density at radius 3 is 1.33 bits per heavy atom. The van der Waals surface area contributed by atoms with E-state index in [-0.39, 0.29) is 7.32 Å². The molecule has 0 fully saturated rings. The summed E-state index contributed by atoms with van der Waals surface area (Å²) >= 11 is -0.488. The Kier molecular flexibility index (Phi) is 3.22. The molecule has 0 N–H and O–H groups in total. The predicted molar refractivity (Wildman–Crippen MR) is 37.8 cm³/mol. The van der Waals surface area contributed by atoms with Gasteiger partial charge in [-0.1, -0.05) is 0 Å². The van der Waals surface area contributed by atoms with Crippen LogP contribution in [0.3, 0.4) is 0 Å². The quantitative estimate of drug-likeness (QED) is 0.506. The average Bonchev–Trinajstić information content (AvgIpc) is 1.36. The molecule has 0 saturated carbocycles. The minimum absolute atomic E-state index is 0.0563. The van der Waals surface area contributed by atoms with Gasteiger partial charge in [0.05, 0.1) is 0 Å². The topological polar surface area (TPSA) is 0 Å². The summed E-state index contributed by atoms with van der Waals surface area (Å²) in [5.74, 6) is 4.98. The Hall–Kier alpha value is 0.760.